The topological polar surface area (TPSA) is 110 Å². The van der Waals surface area contributed by atoms with Gasteiger partial charge < -0.3 is 14.9 Å². The molecular formula is C12H8N2O5. The van der Waals surface area contributed by atoms with Gasteiger partial charge in [0.05, 0.1) is 5.56 Å². The lowest BCUT2D eigenvalue weighted by atomic mass is 10.3. The number of carbonyl (C=O) groups excluding carboxylic acids is 1. The van der Waals surface area contributed by atoms with Gasteiger partial charge in [-0.2, -0.15) is 0 Å². The minimum Gasteiger partial charge on any atom is -0.505 e. The summed E-state index contributed by atoms with van der Waals surface area (Å²) in [4.78, 5) is 29.6. The molecule has 0 fully saturated rings. The molecule has 0 amide bonds. The van der Waals surface area contributed by atoms with Gasteiger partial charge in [-0.25, -0.2) is 19.6 Å². The van der Waals surface area contributed by atoms with Gasteiger partial charge in [-0.15, -0.1) is 0 Å². The lowest BCUT2D eigenvalue weighted by Gasteiger charge is -2.04. The van der Waals surface area contributed by atoms with Gasteiger partial charge in [-0.1, -0.05) is 0 Å². The van der Waals surface area contributed by atoms with Gasteiger partial charge in [0.25, 0.3) is 0 Å². The Balaban J connectivity index is 2.15. The molecule has 0 bridgehead atoms. The lowest BCUT2D eigenvalue weighted by Crippen LogP contribution is -2.11. The summed E-state index contributed by atoms with van der Waals surface area (Å²) in [5.41, 5.74) is -0.271. The van der Waals surface area contributed by atoms with Crippen molar-refractivity contribution >= 4 is 11.9 Å². The van der Waals surface area contributed by atoms with E-state index in [2.05, 4.69) is 9.97 Å². The second kappa shape index (κ2) is 5.13. The number of aromatic carboxylic acids is 1. The average molecular weight is 260 g/mol. The maximum absolute atomic E-state index is 11.7. The monoisotopic (exact) mass is 260 g/mol. The number of aromatic nitrogens is 2. The number of rotatable bonds is 3. The lowest BCUT2D eigenvalue weighted by molar-refractivity contribution is 0.0696. The van der Waals surface area contributed by atoms with Crippen LogP contribution in [0.2, 0.25) is 0 Å². The molecule has 96 valence electrons. The SMILES string of the molecule is O=C(O)c1ccc(OC(=O)c2ncccc2O)nc1. The molecule has 19 heavy (non-hydrogen) atoms. The van der Waals surface area contributed by atoms with E-state index in [0.29, 0.717) is 0 Å². The zero-order valence-electron chi connectivity index (χ0n) is 9.48. The molecule has 0 aliphatic rings. The van der Waals surface area contributed by atoms with Crippen molar-refractivity contribution in [2.75, 3.05) is 0 Å². The predicted molar refractivity (Wildman–Crippen MR) is 62.1 cm³/mol. The number of carboxylic acid groups (broad SMARTS) is 1. The van der Waals surface area contributed by atoms with E-state index >= 15 is 0 Å². The molecule has 0 spiro atoms. The second-order valence-electron chi connectivity index (χ2n) is 3.45. The number of esters is 1. The molecule has 0 saturated heterocycles. The molecule has 2 aromatic rings. The highest BCUT2D eigenvalue weighted by atomic mass is 16.5. The van der Waals surface area contributed by atoms with Crippen LogP contribution >= 0.6 is 0 Å². The highest BCUT2D eigenvalue weighted by Gasteiger charge is 2.15. The Morgan fingerprint density at radius 2 is 1.95 bits per heavy atom. The average Bonchev–Trinajstić information content (AvgIpc) is 2.39. The van der Waals surface area contributed by atoms with Crippen molar-refractivity contribution in [2.45, 2.75) is 0 Å². The predicted octanol–water partition coefficient (Wildman–Crippen LogP) is 1.10. The highest BCUT2D eigenvalue weighted by molar-refractivity contribution is 5.91. The first-order valence-electron chi connectivity index (χ1n) is 5.13. The summed E-state index contributed by atoms with van der Waals surface area (Å²) in [5, 5.41) is 18.1. The van der Waals surface area contributed by atoms with E-state index in [-0.39, 0.29) is 22.9 Å². The van der Waals surface area contributed by atoms with Gasteiger partial charge in [-0.05, 0) is 18.2 Å². The van der Waals surface area contributed by atoms with E-state index in [4.69, 9.17) is 9.84 Å². The van der Waals surface area contributed by atoms with Crippen LogP contribution in [0.4, 0.5) is 0 Å². The van der Waals surface area contributed by atoms with Crippen LogP contribution in [0.5, 0.6) is 11.6 Å². The largest absolute Gasteiger partial charge is 0.505 e. The zero-order chi connectivity index (χ0) is 13.8. The standard InChI is InChI=1S/C12H8N2O5/c15-8-2-1-5-13-10(8)12(18)19-9-4-3-7(6-14-9)11(16)17/h1-6,15H,(H,16,17). The summed E-state index contributed by atoms with van der Waals surface area (Å²) in [6, 6.07) is 5.24. The molecule has 7 nitrogen and oxygen atoms in total. The van der Waals surface area contributed by atoms with Crippen molar-refractivity contribution in [3.63, 3.8) is 0 Å². The third-order valence-electron chi connectivity index (χ3n) is 2.16. The minimum atomic E-state index is -1.13. The number of carbonyl (C=O) groups is 2. The highest BCUT2D eigenvalue weighted by Crippen LogP contribution is 2.15. The molecule has 0 atom stereocenters. The maximum Gasteiger partial charge on any atom is 0.367 e. The second-order valence-corrected chi connectivity index (χ2v) is 3.45. The zero-order valence-corrected chi connectivity index (χ0v) is 9.48. The van der Waals surface area contributed by atoms with E-state index < -0.39 is 11.9 Å². The maximum atomic E-state index is 11.7. The number of nitrogens with zero attached hydrogens (tertiary/aromatic N) is 2. The van der Waals surface area contributed by atoms with Crippen LogP contribution in [-0.2, 0) is 0 Å². The molecule has 0 aromatic carbocycles. The van der Waals surface area contributed by atoms with E-state index in [1.807, 2.05) is 0 Å². The Morgan fingerprint density at radius 3 is 2.53 bits per heavy atom. The summed E-state index contributed by atoms with van der Waals surface area (Å²) in [5.74, 6) is -2.41. The van der Waals surface area contributed by atoms with E-state index in [0.717, 1.165) is 6.20 Å². The van der Waals surface area contributed by atoms with E-state index in [9.17, 15) is 14.7 Å². The minimum absolute atomic E-state index is 0.0273. The molecule has 2 aromatic heterocycles. The molecule has 2 rings (SSSR count). The fraction of sp³-hybridized carbons (Fsp3) is 0. The van der Waals surface area contributed by atoms with Crippen LogP contribution in [0.25, 0.3) is 0 Å². The number of aromatic hydroxyl groups is 1. The normalized spacial score (nSPS) is 9.89. The van der Waals surface area contributed by atoms with Crippen molar-refractivity contribution in [2.24, 2.45) is 0 Å². The first-order valence-corrected chi connectivity index (χ1v) is 5.13. The van der Waals surface area contributed by atoms with Crippen LogP contribution in [0.15, 0.2) is 36.7 Å². The Kier molecular flexibility index (Phi) is 3.37. The molecular weight excluding hydrogens is 252 g/mol. The molecule has 0 aliphatic carbocycles. The van der Waals surface area contributed by atoms with Gasteiger partial charge in [0.2, 0.25) is 5.88 Å². The van der Waals surface area contributed by atoms with Crippen LogP contribution in [0, 0.1) is 0 Å². The molecule has 0 aliphatic heterocycles. The van der Waals surface area contributed by atoms with Crippen LogP contribution in [-0.4, -0.2) is 32.1 Å². The Hall–Kier alpha value is -2.96. The fourth-order valence-corrected chi connectivity index (χ4v) is 1.26. The molecule has 2 heterocycles. The Labute approximate surface area is 107 Å². The molecule has 2 N–H and O–H groups in total. The first-order chi connectivity index (χ1) is 9.08. The van der Waals surface area contributed by atoms with Crippen molar-refractivity contribution in [1.29, 1.82) is 0 Å². The van der Waals surface area contributed by atoms with Gasteiger partial charge in [0.1, 0.15) is 5.75 Å². The number of hydrogen-bond acceptors (Lipinski definition) is 6. The Morgan fingerprint density at radius 1 is 1.16 bits per heavy atom. The fourth-order valence-electron chi connectivity index (χ4n) is 1.26. The van der Waals surface area contributed by atoms with Crippen molar-refractivity contribution in [3.05, 3.63) is 47.9 Å². The van der Waals surface area contributed by atoms with Gasteiger partial charge in [0.15, 0.2) is 5.69 Å². The quantitative estimate of drug-likeness (QED) is 0.795. The van der Waals surface area contributed by atoms with Crippen LogP contribution in [0.3, 0.4) is 0 Å². The third-order valence-corrected chi connectivity index (χ3v) is 2.16. The number of pyridine rings is 2. The van der Waals surface area contributed by atoms with E-state index in [1.54, 1.807) is 0 Å². The summed E-state index contributed by atoms with van der Waals surface area (Å²) >= 11 is 0. The molecule has 7 heteroatoms. The Bertz CT molecular complexity index is 624. The molecule has 0 radical (unpaired) electrons. The van der Waals surface area contributed by atoms with Crippen LogP contribution < -0.4 is 4.74 Å². The smallest absolute Gasteiger partial charge is 0.367 e. The summed E-state index contributed by atoms with van der Waals surface area (Å²) in [6.07, 6.45) is 2.39. The molecule has 0 unspecified atom stereocenters. The van der Waals surface area contributed by atoms with Crippen molar-refractivity contribution in [1.82, 2.24) is 9.97 Å². The van der Waals surface area contributed by atoms with Crippen LogP contribution in [0.1, 0.15) is 20.8 Å². The first kappa shape index (κ1) is 12.5. The van der Waals surface area contributed by atoms with Crippen molar-refractivity contribution < 1.29 is 24.5 Å². The summed E-state index contributed by atoms with van der Waals surface area (Å²) < 4.78 is 4.85. The van der Waals surface area contributed by atoms with Crippen molar-refractivity contribution in [3.8, 4) is 11.6 Å². The number of ether oxygens (including phenoxy) is 1. The van der Waals surface area contributed by atoms with Gasteiger partial charge in [-0.3, -0.25) is 0 Å². The molecule has 0 saturated carbocycles. The summed E-state index contributed by atoms with van der Waals surface area (Å²) in [6.45, 7) is 0. The van der Waals surface area contributed by atoms with Gasteiger partial charge >= 0.3 is 11.9 Å². The third kappa shape index (κ3) is 2.83. The number of hydrogen-bond donors (Lipinski definition) is 2. The van der Waals surface area contributed by atoms with E-state index in [1.165, 1.54) is 30.5 Å². The number of carboxylic acids is 1. The summed E-state index contributed by atoms with van der Waals surface area (Å²) in [7, 11) is 0. The van der Waals surface area contributed by atoms with Gasteiger partial charge in [0, 0.05) is 18.5 Å².